The zero-order chi connectivity index (χ0) is 28.7. The lowest BCUT2D eigenvalue weighted by Gasteiger charge is -2.32. The molecule has 0 bridgehead atoms. The molecule has 10 heteroatoms. The first-order valence-electron chi connectivity index (χ1n) is 14.4. The van der Waals surface area contributed by atoms with E-state index in [2.05, 4.69) is 10.2 Å². The second-order valence-electron chi connectivity index (χ2n) is 11.5. The Morgan fingerprint density at radius 1 is 1.10 bits per heavy atom. The van der Waals surface area contributed by atoms with Crippen LogP contribution in [0.2, 0.25) is 0 Å². The first-order chi connectivity index (χ1) is 19.2. The average molecular weight is 554 g/mol. The zero-order valence-electron chi connectivity index (χ0n) is 24.3. The molecule has 0 aliphatic carbocycles. The second-order valence-corrected chi connectivity index (χ2v) is 11.5. The molecule has 4 rings (SSSR count). The minimum atomic E-state index is -0.462. The van der Waals surface area contributed by atoms with Gasteiger partial charge in [0.2, 0.25) is 0 Å². The first-order valence-corrected chi connectivity index (χ1v) is 14.4. The van der Waals surface area contributed by atoms with E-state index < -0.39 is 11.4 Å². The number of nitrogens with zero attached hydrogens (tertiary/aromatic N) is 4. The number of nitrogens with one attached hydrogen (secondary N) is 1. The number of hydrogen-bond acceptors (Lipinski definition) is 7. The largest absolute Gasteiger partial charge is 0.462 e. The third-order valence-electron chi connectivity index (χ3n) is 7.49. The molecule has 2 aliphatic heterocycles. The summed E-state index contributed by atoms with van der Waals surface area (Å²) in [6.45, 7) is 11.6. The highest BCUT2D eigenvalue weighted by atomic mass is 16.5. The molecule has 1 fully saturated rings. The summed E-state index contributed by atoms with van der Waals surface area (Å²) < 4.78 is 13.2. The molecule has 3 heterocycles. The van der Waals surface area contributed by atoms with Crippen LogP contribution in [0.15, 0.2) is 24.3 Å². The van der Waals surface area contributed by atoms with E-state index in [0.29, 0.717) is 69.1 Å². The number of hydrogen-bond donors (Lipinski definition) is 1. The Morgan fingerprint density at radius 2 is 1.82 bits per heavy atom. The molecule has 10 nitrogen and oxygen atoms in total. The molecule has 40 heavy (non-hydrogen) atoms. The van der Waals surface area contributed by atoms with Crippen LogP contribution in [-0.2, 0) is 28.9 Å². The maximum atomic E-state index is 13.0. The van der Waals surface area contributed by atoms with Crippen LogP contribution < -0.4 is 5.32 Å². The second kappa shape index (κ2) is 13.4. The molecule has 1 aromatic heterocycles. The summed E-state index contributed by atoms with van der Waals surface area (Å²) in [6, 6.07) is 6.77. The Morgan fingerprint density at radius 3 is 2.58 bits per heavy atom. The minimum absolute atomic E-state index is 0.0669. The highest BCUT2D eigenvalue weighted by molar-refractivity contribution is 5.98. The molecular formula is C30H43N5O5. The molecule has 0 spiro atoms. The molecule has 1 N–H and O–H groups in total. The van der Waals surface area contributed by atoms with Crippen molar-refractivity contribution in [1.82, 2.24) is 24.9 Å². The molecule has 1 saturated heterocycles. The minimum Gasteiger partial charge on any atom is -0.462 e. The number of carbonyl (C=O) groups excluding carboxylic acids is 3. The van der Waals surface area contributed by atoms with E-state index >= 15 is 0 Å². The van der Waals surface area contributed by atoms with Gasteiger partial charge >= 0.3 is 5.97 Å². The Labute approximate surface area is 237 Å². The van der Waals surface area contributed by atoms with Crippen molar-refractivity contribution in [3.05, 3.63) is 52.3 Å². The lowest BCUT2D eigenvalue weighted by Crippen LogP contribution is -2.47. The highest BCUT2D eigenvalue weighted by Gasteiger charge is 2.29. The molecule has 2 aromatic rings. The summed E-state index contributed by atoms with van der Waals surface area (Å²) in [5, 5.41) is 7.81. The van der Waals surface area contributed by atoms with Crippen molar-refractivity contribution in [3.63, 3.8) is 0 Å². The predicted molar refractivity (Wildman–Crippen MR) is 152 cm³/mol. The molecule has 0 radical (unpaired) electrons. The number of ether oxygens (including phenoxy) is 2. The van der Waals surface area contributed by atoms with Crippen LogP contribution in [0.5, 0.6) is 0 Å². The van der Waals surface area contributed by atoms with Crippen LogP contribution in [0.25, 0.3) is 0 Å². The number of amides is 2. The molecular weight excluding hydrogens is 510 g/mol. The van der Waals surface area contributed by atoms with Gasteiger partial charge in [-0.15, -0.1) is 0 Å². The quantitative estimate of drug-likeness (QED) is 0.526. The van der Waals surface area contributed by atoms with Crippen molar-refractivity contribution >= 4 is 17.8 Å². The molecule has 0 unspecified atom stereocenters. The standard InChI is InChI=1S/C30H43N5O5/c1-5-35-26-24(11-7-17-39-18-8-12-31-27(26)36)25(32-35)20-30(2,3)21-40-29(38)23-10-6-9-22(19-23)28(37)34-15-13-33(4)14-16-34/h6,9-10,19H,5,7-8,11-18,20-21H2,1-4H3,(H,31,36). The van der Waals surface area contributed by atoms with E-state index in [0.717, 1.165) is 37.2 Å². The third kappa shape index (κ3) is 7.48. The number of piperazine rings is 1. The van der Waals surface area contributed by atoms with Crippen LogP contribution in [0.1, 0.15) is 76.1 Å². The average Bonchev–Trinajstić information content (AvgIpc) is 3.27. The van der Waals surface area contributed by atoms with Gasteiger partial charge in [0.25, 0.3) is 11.8 Å². The zero-order valence-corrected chi connectivity index (χ0v) is 24.3. The summed E-state index contributed by atoms with van der Waals surface area (Å²) in [5.74, 6) is -0.633. The first kappa shape index (κ1) is 29.7. The summed E-state index contributed by atoms with van der Waals surface area (Å²) in [7, 11) is 2.04. The van der Waals surface area contributed by atoms with Crippen LogP contribution in [-0.4, -0.2) is 97.0 Å². The van der Waals surface area contributed by atoms with E-state index in [-0.39, 0.29) is 18.4 Å². The van der Waals surface area contributed by atoms with Crippen LogP contribution in [0.3, 0.4) is 0 Å². The van der Waals surface area contributed by atoms with Crippen molar-refractivity contribution in [3.8, 4) is 0 Å². The van der Waals surface area contributed by atoms with Crippen LogP contribution in [0.4, 0.5) is 0 Å². The van der Waals surface area contributed by atoms with E-state index in [9.17, 15) is 14.4 Å². The fraction of sp³-hybridized carbons (Fsp3) is 0.600. The molecule has 1 aromatic carbocycles. The van der Waals surface area contributed by atoms with Gasteiger partial charge in [0.1, 0.15) is 5.69 Å². The highest BCUT2D eigenvalue weighted by Crippen LogP contribution is 2.27. The van der Waals surface area contributed by atoms with Gasteiger partial charge in [-0.2, -0.15) is 5.10 Å². The van der Waals surface area contributed by atoms with Crippen molar-refractivity contribution in [2.45, 2.75) is 53.0 Å². The Balaban J connectivity index is 1.43. The Bertz CT molecular complexity index is 1200. The number of fused-ring (bicyclic) bond motifs is 1. The number of benzene rings is 1. The van der Waals surface area contributed by atoms with E-state index in [1.807, 2.05) is 32.7 Å². The summed E-state index contributed by atoms with van der Waals surface area (Å²) in [5.41, 5.74) is 2.84. The normalized spacial score (nSPS) is 17.5. The predicted octanol–water partition coefficient (Wildman–Crippen LogP) is 2.80. The maximum Gasteiger partial charge on any atom is 0.338 e. The SMILES string of the molecule is CCn1nc(CC(C)(C)COC(=O)c2cccc(C(=O)N3CCN(C)CC3)c2)c2c1C(=O)NCCCOCCC2. The monoisotopic (exact) mass is 553 g/mol. The van der Waals surface area contributed by atoms with Crippen molar-refractivity contribution < 1.29 is 23.9 Å². The van der Waals surface area contributed by atoms with Gasteiger partial charge in [-0.25, -0.2) is 4.79 Å². The fourth-order valence-corrected chi connectivity index (χ4v) is 5.17. The van der Waals surface area contributed by atoms with Crippen LogP contribution >= 0.6 is 0 Å². The van der Waals surface area contributed by atoms with Crippen molar-refractivity contribution in [1.29, 1.82) is 0 Å². The fourth-order valence-electron chi connectivity index (χ4n) is 5.17. The molecule has 2 aliphatic rings. The van der Waals surface area contributed by atoms with Gasteiger partial charge in [-0.1, -0.05) is 19.9 Å². The number of aromatic nitrogens is 2. The van der Waals surface area contributed by atoms with Gasteiger partial charge < -0.3 is 24.6 Å². The Kier molecular flexibility index (Phi) is 9.97. The van der Waals surface area contributed by atoms with Crippen molar-refractivity contribution in [2.75, 3.05) is 59.6 Å². The number of rotatable bonds is 7. The maximum absolute atomic E-state index is 13.0. The summed E-state index contributed by atoms with van der Waals surface area (Å²) >= 11 is 0. The van der Waals surface area contributed by atoms with Crippen molar-refractivity contribution in [2.24, 2.45) is 5.41 Å². The van der Waals surface area contributed by atoms with Gasteiger partial charge in [-0.3, -0.25) is 14.3 Å². The van der Waals surface area contributed by atoms with Crippen LogP contribution in [0, 0.1) is 5.41 Å². The lowest BCUT2D eigenvalue weighted by atomic mass is 9.86. The van der Waals surface area contributed by atoms with Gasteiger partial charge in [-0.05, 0) is 51.4 Å². The summed E-state index contributed by atoms with van der Waals surface area (Å²) in [6.07, 6.45) is 2.83. The van der Waals surface area contributed by atoms with Gasteiger partial charge in [0, 0.05) is 75.4 Å². The molecule has 2 amide bonds. The topological polar surface area (TPSA) is 106 Å². The van der Waals surface area contributed by atoms with E-state index in [1.165, 1.54) is 0 Å². The number of aryl methyl sites for hydroxylation is 1. The number of esters is 1. The van der Waals surface area contributed by atoms with Gasteiger partial charge in [0.15, 0.2) is 0 Å². The smallest absolute Gasteiger partial charge is 0.338 e. The Hall–Kier alpha value is -3.24. The van der Waals surface area contributed by atoms with E-state index in [1.54, 1.807) is 28.9 Å². The molecule has 0 saturated carbocycles. The van der Waals surface area contributed by atoms with Gasteiger partial charge in [0.05, 0.1) is 17.9 Å². The number of carbonyl (C=O) groups is 3. The summed E-state index contributed by atoms with van der Waals surface area (Å²) in [4.78, 5) is 43.1. The van der Waals surface area contributed by atoms with E-state index in [4.69, 9.17) is 14.6 Å². The number of likely N-dealkylation sites (N-methyl/N-ethyl adjacent to an activating group) is 1. The molecule has 0 atom stereocenters. The lowest BCUT2D eigenvalue weighted by molar-refractivity contribution is 0.0339. The third-order valence-corrected chi connectivity index (χ3v) is 7.49. The molecule has 218 valence electrons.